The Balaban J connectivity index is 2.13. The molecule has 0 aliphatic carbocycles. The molecule has 0 bridgehead atoms. The summed E-state index contributed by atoms with van der Waals surface area (Å²) in [4.78, 5) is 13.9. The van der Waals surface area contributed by atoms with Gasteiger partial charge in [-0.25, -0.2) is 0 Å². The Bertz CT molecular complexity index is 1300. The van der Waals surface area contributed by atoms with Crippen LogP contribution in [0.15, 0.2) is 60.7 Å². The van der Waals surface area contributed by atoms with E-state index in [4.69, 9.17) is 9.47 Å². The summed E-state index contributed by atoms with van der Waals surface area (Å²) in [6.45, 7) is 8.18. The van der Waals surface area contributed by atoms with Crippen LogP contribution in [-0.4, -0.2) is 20.0 Å². The van der Waals surface area contributed by atoms with Crippen LogP contribution in [0, 0.1) is 27.7 Å². The van der Waals surface area contributed by atoms with Gasteiger partial charge in [-0.15, -0.1) is 0 Å². The molecule has 0 amide bonds. The van der Waals surface area contributed by atoms with Crippen molar-refractivity contribution in [3.8, 4) is 22.6 Å². The standard InChI is InChI=1S/C29H28O3/c1-17-11-18(2)14-22(13-17)26-24(31-5)9-7-21-8-10-25(32-6)28(27(21)26)29(30)23-15-19(3)12-20(4)16-23/h7-16H,1-6H3. The topological polar surface area (TPSA) is 35.5 Å². The van der Waals surface area contributed by atoms with Crippen molar-refractivity contribution in [2.45, 2.75) is 27.7 Å². The molecule has 0 aliphatic rings. The van der Waals surface area contributed by atoms with Gasteiger partial charge in [-0.1, -0.05) is 58.7 Å². The van der Waals surface area contributed by atoms with Gasteiger partial charge in [0.2, 0.25) is 0 Å². The molecule has 0 unspecified atom stereocenters. The molecular formula is C29H28O3. The smallest absolute Gasteiger partial charge is 0.197 e. The monoisotopic (exact) mass is 424 g/mol. The molecule has 0 saturated carbocycles. The lowest BCUT2D eigenvalue weighted by atomic mass is 9.88. The summed E-state index contributed by atoms with van der Waals surface area (Å²) in [5.74, 6) is 1.23. The molecule has 0 N–H and O–H groups in total. The number of benzene rings is 4. The van der Waals surface area contributed by atoms with Crippen LogP contribution in [0.1, 0.15) is 38.2 Å². The van der Waals surface area contributed by atoms with E-state index in [-0.39, 0.29) is 5.78 Å². The van der Waals surface area contributed by atoms with Gasteiger partial charge in [0.1, 0.15) is 11.5 Å². The third kappa shape index (κ3) is 3.87. The first-order chi connectivity index (χ1) is 15.3. The zero-order valence-corrected chi connectivity index (χ0v) is 19.5. The lowest BCUT2D eigenvalue weighted by molar-refractivity contribution is 0.103. The average Bonchev–Trinajstić information content (AvgIpc) is 2.75. The zero-order chi connectivity index (χ0) is 23.0. The second-order valence-corrected chi connectivity index (χ2v) is 8.47. The average molecular weight is 425 g/mol. The molecule has 0 atom stereocenters. The predicted molar refractivity (Wildman–Crippen MR) is 131 cm³/mol. The first kappa shape index (κ1) is 21.6. The van der Waals surface area contributed by atoms with Crippen LogP contribution < -0.4 is 9.47 Å². The van der Waals surface area contributed by atoms with Crippen molar-refractivity contribution in [1.29, 1.82) is 0 Å². The molecule has 162 valence electrons. The number of aryl methyl sites for hydroxylation is 4. The fourth-order valence-electron chi connectivity index (χ4n) is 4.60. The highest BCUT2D eigenvalue weighted by molar-refractivity contribution is 6.22. The first-order valence-electron chi connectivity index (χ1n) is 10.7. The van der Waals surface area contributed by atoms with Crippen LogP contribution in [-0.2, 0) is 0 Å². The van der Waals surface area contributed by atoms with Crippen LogP contribution in [0.3, 0.4) is 0 Å². The van der Waals surface area contributed by atoms with Crippen LogP contribution >= 0.6 is 0 Å². The molecule has 4 aromatic rings. The summed E-state index contributed by atoms with van der Waals surface area (Å²) < 4.78 is 11.5. The fourth-order valence-corrected chi connectivity index (χ4v) is 4.60. The zero-order valence-electron chi connectivity index (χ0n) is 19.5. The maximum Gasteiger partial charge on any atom is 0.197 e. The maximum absolute atomic E-state index is 13.9. The van der Waals surface area contributed by atoms with E-state index in [1.807, 2.05) is 50.2 Å². The molecule has 0 aromatic heterocycles. The van der Waals surface area contributed by atoms with E-state index in [1.54, 1.807) is 14.2 Å². The van der Waals surface area contributed by atoms with E-state index in [0.717, 1.165) is 49.9 Å². The Labute approximate surface area is 189 Å². The van der Waals surface area contributed by atoms with Gasteiger partial charge in [-0.05, 0) is 62.9 Å². The highest BCUT2D eigenvalue weighted by Gasteiger charge is 2.23. The van der Waals surface area contributed by atoms with Crippen molar-refractivity contribution < 1.29 is 14.3 Å². The van der Waals surface area contributed by atoms with Crippen LogP contribution in [0.5, 0.6) is 11.5 Å². The SMILES string of the molecule is COc1ccc2ccc(OC)c(-c3cc(C)cc(C)c3)c2c1C(=O)c1cc(C)cc(C)c1. The predicted octanol–water partition coefficient (Wildman–Crippen LogP) is 6.99. The number of methoxy groups -OCH3 is 2. The van der Waals surface area contributed by atoms with Gasteiger partial charge in [-0.3, -0.25) is 4.79 Å². The minimum Gasteiger partial charge on any atom is -0.496 e. The number of rotatable bonds is 5. The first-order valence-corrected chi connectivity index (χ1v) is 10.7. The molecule has 4 aromatic carbocycles. The van der Waals surface area contributed by atoms with Crippen molar-refractivity contribution in [3.05, 3.63) is 94.0 Å². The van der Waals surface area contributed by atoms with Gasteiger partial charge >= 0.3 is 0 Å². The van der Waals surface area contributed by atoms with E-state index in [0.29, 0.717) is 16.9 Å². The van der Waals surface area contributed by atoms with E-state index in [1.165, 1.54) is 0 Å². The van der Waals surface area contributed by atoms with Crippen molar-refractivity contribution in [3.63, 3.8) is 0 Å². The van der Waals surface area contributed by atoms with Crippen molar-refractivity contribution in [1.82, 2.24) is 0 Å². The lowest BCUT2D eigenvalue weighted by Crippen LogP contribution is -2.07. The Morgan fingerprint density at radius 3 is 1.69 bits per heavy atom. The van der Waals surface area contributed by atoms with Gasteiger partial charge in [0.25, 0.3) is 0 Å². The van der Waals surface area contributed by atoms with Gasteiger partial charge in [-0.2, -0.15) is 0 Å². The highest BCUT2D eigenvalue weighted by atomic mass is 16.5. The number of hydrogen-bond donors (Lipinski definition) is 0. The summed E-state index contributed by atoms with van der Waals surface area (Å²) in [6, 6.07) is 20.2. The summed E-state index contributed by atoms with van der Waals surface area (Å²) in [5, 5.41) is 1.81. The quantitative estimate of drug-likeness (QED) is 0.324. The number of ether oxygens (including phenoxy) is 2. The minimum atomic E-state index is -0.0573. The molecule has 0 heterocycles. The number of fused-ring (bicyclic) bond motifs is 1. The Kier molecular flexibility index (Phi) is 5.75. The Morgan fingerprint density at radius 2 is 1.16 bits per heavy atom. The maximum atomic E-state index is 13.9. The third-order valence-corrected chi connectivity index (χ3v) is 5.77. The largest absolute Gasteiger partial charge is 0.496 e. The number of carbonyl (C=O) groups is 1. The third-order valence-electron chi connectivity index (χ3n) is 5.77. The van der Waals surface area contributed by atoms with Gasteiger partial charge < -0.3 is 9.47 Å². The summed E-state index contributed by atoms with van der Waals surface area (Å²) in [6.07, 6.45) is 0. The Hall–Kier alpha value is -3.59. The van der Waals surface area contributed by atoms with Crippen LogP contribution in [0.4, 0.5) is 0 Å². The number of hydrogen-bond acceptors (Lipinski definition) is 3. The van der Waals surface area contributed by atoms with E-state index in [2.05, 4.69) is 38.1 Å². The normalized spacial score (nSPS) is 10.9. The molecule has 0 fully saturated rings. The molecule has 0 radical (unpaired) electrons. The van der Waals surface area contributed by atoms with Gasteiger partial charge in [0.15, 0.2) is 5.78 Å². The van der Waals surface area contributed by atoms with E-state index < -0.39 is 0 Å². The van der Waals surface area contributed by atoms with E-state index >= 15 is 0 Å². The fraction of sp³-hybridized carbons (Fsp3) is 0.207. The molecule has 3 nitrogen and oxygen atoms in total. The Morgan fingerprint density at radius 1 is 0.656 bits per heavy atom. The molecule has 3 heteroatoms. The molecule has 0 saturated heterocycles. The summed E-state index contributed by atoms with van der Waals surface area (Å²) >= 11 is 0. The lowest BCUT2D eigenvalue weighted by Gasteiger charge is -2.18. The highest BCUT2D eigenvalue weighted by Crippen LogP contribution is 2.42. The molecule has 0 spiro atoms. The summed E-state index contributed by atoms with van der Waals surface area (Å²) in [7, 11) is 3.27. The van der Waals surface area contributed by atoms with Crippen LogP contribution in [0.25, 0.3) is 21.9 Å². The number of carbonyl (C=O) groups excluding carboxylic acids is 1. The molecule has 4 rings (SSSR count). The van der Waals surface area contributed by atoms with Crippen molar-refractivity contribution in [2.24, 2.45) is 0 Å². The van der Waals surface area contributed by atoms with Crippen LogP contribution in [0.2, 0.25) is 0 Å². The number of ketones is 1. The van der Waals surface area contributed by atoms with Crippen molar-refractivity contribution >= 4 is 16.6 Å². The second kappa shape index (κ2) is 8.51. The molecular weight excluding hydrogens is 396 g/mol. The van der Waals surface area contributed by atoms with E-state index in [9.17, 15) is 4.79 Å². The van der Waals surface area contributed by atoms with Gasteiger partial charge in [0, 0.05) is 16.5 Å². The minimum absolute atomic E-state index is 0.0573. The molecule has 32 heavy (non-hydrogen) atoms. The summed E-state index contributed by atoms with van der Waals surface area (Å²) in [5.41, 5.74) is 7.56. The van der Waals surface area contributed by atoms with Gasteiger partial charge in [0.05, 0.1) is 19.8 Å². The molecule has 0 aliphatic heterocycles. The second-order valence-electron chi connectivity index (χ2n) is 8.47. The van der Waals surface area contributed by atoms with Crippen molar-refractivity contribution in [2.75, 3.05) is 14.2 Å².